The largest absolute Gasteiger partial charge is 0.493 e. The van der Waals surface area contributed by atoms with Crippen LogP contribution >= 0.6 is 11.3 Å². The van der Waals surface area contributed by atoms with Crippen molar-refractivity contribution >= 4 is 22.9 Å². The van der Waals surface area contributed by atoms with Gasteiger partial charge in [0.05, 0.1) is 17.9 Å². The van der Waals surface area contributed by atoms with Gasteiger partial charge in [0.15, 0.2) is 6.10 Å². The molecular weight excluding hydrogens is 522 g/mol. The number of aliphatic carboxylic acids is 1. The molecule has 0 spiro atoms. The maximum atomic E-state index is 11.5. The van der Waals surface area contributed by atoms with Gasteiger partial charge in [-0.05, 0) is 73.2 Å². The molecule has 1 aliphatic carbocycles. The van der Waals surface area contributed by atoms with Gasteiger partial charge in [-0.3, -0.25) is 0 Å². The second-order valence-electron chi connectivity index (χ2n) is 10.2. The first-order chi connectivity index (χ1) is 19.2. The third-order valence-corrected chi connectivity index (χ3v) is 8.36. The second kappa shape index (κ2) is 11.7. The lowest BCUT2D eigenvalue weighted by molar-refractivity contribution is -0.158. The predicted molar refractivity (Wildman–Crippen MR) is 158 cm³/mol. The standard InChI is InChI=1S/C33H33NO5S/c1-21-7-5-8-28(33(21,4)39-23(3)32(35)36)24-14-16-27(17-15-24)37-19-18-29-22(2)38-31(34-29)26-12-10-25(11-13-26)30-9-6-20-40-30/h5-17,20-21,23H,18-19H2,1-4H3,(H,35,36). The van der Waals surface area contributed by atoms with Crippen LogP contribution in [0.15, 0.2) is 88.7 Å². The summed E-state index contributed by atoms with van der Waals surface area (Å²) in [6.45, 7) is 7.94. The molecule has 2 heterocycles. The third-order valence-electron chi connectivity index (χ3n) is 7.44. The van der Waals surface area contributed by atoms with Gasteiger partial charge in [-0.1, -0.05) is 55.5 Å². The van der Waals surface area contributed by atoms with E-state index in [9.17, 15) is 9.90 Å². The molecule has 1 N–H and O–H groups in total. The quantitative estimate of drug-likeness (QED) is 0.215. The van der Waals surface area contributed by atoms with Gasteiger partial charge in [-0.2, -0.15) is 0 Å². The zero-order valence-corrected chi connectivity index (χ0v) is 23.9. The van der Waals surface area contributed by atoms with Crippen molar-refractivity contribution in [3.8, 4) is 27.6 Å². The van der Waals surface area contributed by atoms with E-state index in [-0.39, 0.29) is 5.92 Å². The summed E-state index contributed by atoms with van der Waals surface area (Å²) in [7, 11) is 0. The summed E-state index contributed by atoms with van der Waals surface area (Å²) < 4.78 is 18.1. The average molecular weight is 556 g/mol. The minimum absolute atomic E-state index is 0.0137. The first kappa shape index (κ1) is 27.6. The molecule has 2 aromatic heterocycles. The Morgan fingerprint density at radius 3 is 2.48 bits per heavy atom. The van der Waals surface area contributed by atoms with Gasteiger partial charge in [0.25, 0.3) is 0 Å². The smallest absolute Gasteiger partial charge is 0.332 e. The van der Waals surface area contributed by atoms with Gasteiger partial charge in [0.1, 0.15) is 11.5 Å². The summed E-state index contributed by atoms with van der Waals surface area (Å²) in [6, 6.07) is 20.3. The molecule has 1 aliphatic rings. The number of aromatic nitrogens is 1. The van der Waals surface area contributed by atoms with Crippen molar-refractivity contribution in [3.05, 3.63) is 101 Å². The number of rotatable bonds is 10. The molecule has 0 bridgehead atoms. The highest BCUT2D eigenvalue weighted by atomic mass is 32.1. The number of aryl methyl sites for hydroxylation is 1. The maximum absolute atomic E-state index is 11.5. The van der Waals surface area contributed by atoms with E-state index in [4.69, 9.17) is 18.9 Å². The number of thiophene rings is 1. The highest BCUT2D eigenvalue weighted by Gasteiger charge is 2.39. The van der Waals surface area contributed by atoms with Crippen LogP contribution in [0.1, 0.15) is 37.8 Å². The SMILES string of the molecule is Cc1oc(-c2ccc(-c3cccs3)cc2)nc1CCOc1ccc(C2=CC=CC(C)C2(C)OC(C)C(=O)O)cc1. The summed E-state index contributed by atoms with van der Waals surface area (Å²) in [6.07, 6.45) is 5.72. The van der Waals surface area contributed by atoms with Gasteiger partial charge in [-0.15, -0.1) is 11.3 Å². The summed E-state index contributed by atoms with van der Waals surface area (Å²) >= 11 is 1.72. The number of hydrogen-bond acceptors (Lipinski definition) is 6. The molecule has 0 fully saturated rings. The van der Waals surface area contributed by atoms with E-state index in [0.717, 1.165) is 33.9 Å². The number of benzene rings is 2. The Kier molecular flexibility index (Phi) is 8.05. The number of oxazole rings is 1. The van der Waals surface area contributed by atoms with Crippen LogP contribution in [0.3, 0.4) is 0 Å². The number of carboxylic acids is 1. The van der Waals surface area contributed by atoms with Crippen LogP contribution in [0.5, 0.6) is 5.75 Å². The lowest BCUT2D eigenvalue weighted by Gasteiger charge is -2.40. The Balaban J connectivity index is 1.21. The van der Waals surface area contributed by atoms with Gasteiger partial charge >= 0.3 is 5.97 Å². The number of allylic oxidation sites excluding steroid dienone is 2. The molecule has 6 nitrogen and oxygen atoms in total. The van der Waals surface area contributed by atoms with Gasteiger partial charge in [0.2, 0.25) is 5.89 Å². The summed E-state index contributed by atoms with van der Waals surface area (Å²) in [5.41, 5.74) is 4.14. The second-order valence-corrected chi connectivity index (χ2v) is 11.1. The average Bonchev–Trinajstić information content (AvgIpc) is 3.61. The van der Waals surface area contributed by atoms with Crippen molar-refractivity contribution < 1.29 is 23.8 Å². The van der Waals surface area contributed by atoms with Crippen LogP contribution in [0.4, 0.5) is 0 Å². The Morgan fingerprint density at radius 1 is 1.10 bits per heavy atom. The number of nitrogens with zero attached hydrogens (tertiary/aromatic N) is 1. The summed E-state index contributed by atoms with van der Waals surface area (Å²) in [5.74, 6) is 1.18. The predicted octanol–water partition coefficient (Wildman–Crippen LogP) is 7.84. The molecular formula is C33H33NO5S. The van der Waals surface area contributed by atoms with Gasteiger partial charge in [0, 0.05) is 22.8 Å². The normalized spacial score (nSPS) is 19.3. The van der Waals surface area contributed by atoms with Crippen molar-refractivity contribution in [2.45, 2.75) is 45.8 Å². The fraction of sp³-hybridized carbons (Fsp3) is 0.273. The van der Waals surface area contributed by atoms with Crippen LogP contribution in [0, 0.1) is 12.8 Å². The van der Waals surface area contributed by atoms with E-state index >= 15 is 0 Å². The van der Waals surface area contributed by atoms with Crippen LogP contribution in [-0.2, 0) is 16.0 Å². The van der Waals surface area contributed by atoms with Gasteiger partial charge < -0.3 is 19.0 Å². The molecule has 40 heavy (non-hydrogen) atoms. The van der Waals surface area contributed by atoms with Crippen molar-refractivity contribution in [2.24, 2.45) is 5.92 Å². The lowest BCUT2D eigenvalue weighted by Crippen LogP contribution is -2.42. The Morgan fingerprint density at radius 2 is 1.80 bits per heavy atom. The topological polar surface area (TPSA) is 81.8 Å². The minimum atomic E-state index is -0.979. The van der Waals surface area contributed by atoms with Crippen molar-refractivity contribution in [3.63, 3.8) is 0 Å². The van der Waals surface area contributed by atoms with E-state index < -0.39 is 17.7 Å². The van der Waals surface area contributed by atoms with E-state index in [1.54, 1.807) is 18.3 Å². The highest BCUT2D eigenvalue weighted by Crippen LogP contribution is 2.41. The molecule has 4 aromatic rings. The molecule has 7 heteroatoms. The Bertz CT molecular complexity index is 1520. The molecule has 0 aliphatic heterocycles. The van der Waals surface area contributed by atoms with Crippen LogP contribution in [0.2, 0.25) is 0 Å². The van der Waals surface area contributed by atoms with E-state index in [2.05, 4.69) is 29.6 Å². The van der Waals surface area contributed by atoms with Gasteiger partial charge in [-0.25, -0.2) is 9.78 Å². The summed E-state index contributed by atoms with van der Waals surface area (Å²) in [5, 5.41) is 11.5. The maximum Gasteiger partial charge on any atom is 0.332 e. The zero-order chi connectivity index (χ0) is 28.3. The first-order valence-electron chi connectivity index (χ1n) is 13.4. The number of carboxylic acid groups (broad SMARTS) is 1. The Hall–Kier alpha value is -3.94. The highest BCUT2D eigenvalue weighted by molar-refractivity contribution is 7.13. The lowest BCUT2D eigenvalue weighted by atomic mass is 9.77. The number of carbonyl (C=O) groups is 1. The fourth-order valence-electron chi connectivity index (χ4n) is 4.88. The molecule has 0 saturated carbocycles. The molecule has 0 saturated heterocycles. The van der Waals surface area contributed by atoms with Crippen molar-refractivity contribution in [1.82, 2.24) is 4.98 Å². The molecule has 3 unspecified atom stereocenters. The molecule has 206 valence electrons. The molecule has 5 rings (SSSR count). The van der Waals surface area contributed by atoms with E-state index in [1.807, 2.05) is 75.4 Å². The van der Waals surface area contributed by atoms with E-state index in [1.165, 1.54) is 10.4 Å². The third kappa shape index (κ3) is 5.81. The van der Waals surface area contributed by atoms with Crippen LogP contribution in [-0.4, -0.2) is 34.4 Å². The molecule has 3 atom stereocenters. The zero-order valence-electron chi connectivity index (χ0n) is 23.1. The molecule has 0 radical (unpaired) electrons. The molecule has 0 amide bonds. The minimum Gasteiger partial charge on any atom is -0.493 e. The first-order valence-corrected chi connectivity index (χ1v) is 14.3. The fourth-order valence-corrected chi connectivity index (χ4v) is 5.62. The number of hydrogen-bond donors (Lipinski definition) is 1. The van der Waals surface area contributed by atoms with Crippen LogP contribution in [0.25, 0.3) is 27.5 Å². The van der Waals surface area contributed by atoms with E-state index in [0.29, 0.717) is 18.9 Å². The monoisotopic (exact) mass is 555 g/mol. The summed E-state index contributed by atoms with van der Waals surface area (Å²) in [4.78, 5) is 17.4. The molecule has 2 aromatic carbocycles. The van der Waals surface area contributed by atoms with Crippen molar-refractivity contribution in [2.75, 3.05) is 6.61 Å². The van der Waals surface area contributed by atoms with Crippen molar-refractivity contribution in [1.29, 1.82) is 0 Å². The Labute approximate surface area is 238 Å². The number of ether oxygens (including phenoxy) is 2. The van der Waals surface area contributed by atoms with Crippen LogP contribution < -0.4 is 4.74 Å².